The summed E-state index contributed by atoms with van der Waals surface area (Å²) in [4.78, 5) is 11.9. The van der Waals surface area contributed by atoms with E-state index in [-0.39, 0.29) is 23.1 Å². The van der Waals surface area contributed by atoms with E-state index in [1.165, 1.54) is 0 Å². The van der Waals surface area contributed by atoms with Crippen molar-refractivity contribution in [1.82, 2.24) is 5.32 Å². The Morgan fingerprint density at radius 2 is 1.94 bits per heavy atom. The number of carbonyl (C=O) groups is 1. The van der Waals surface area contributed by atoms with Crippen LogP contribution in [0.5, 0.6) is 5.75 Å². The molecular weight excluding hydrogens is 228 g/mol. The molecule has 1 rings (SSSR count). The van der Waals surface area contributed by atoms with Crippen LogP contribution in [0, 0.1) is 5.92 Å². The minimum atomic E-state index is -0.381. The third-order valence-corrected chi connectivity index (χ3v) is 3.42. The van der Waals surface area contributed by atoms with Crippen LogP contribution in [0.1, 0.15) is 26.3 Å². The number of nitrogens with two attached hydrogens (primary N) is 1. The van der Waals surface area contributed by atoms with Gasteiger partial charge in [0.2, 0.25) is 5.91 Å². The van der Waals surface area contributed by atoms with Gasteiger partial charge < -0.3 is 16.2 Å². The van der Waals surface area contributed by atoms with E-state index < -0.39 is 0 Å². The normalized spacial score (nSPS) is 14.3. The zero-order chi connectivity index (χ0) is 13.8. The molecule has 1 aromatic carbocycles. The lowest BCUT2D eigenvalue weighted by Gasteiger charge is -2.33. The monoisotopic (exact) mass is 250 g/mol. The Morgan fingerprint density at radius 1 is 1.39 bits per heavy atom. The molecule has 0 fully saturated rings. The van der Waals surface area contributed by atoms with Crippen molar-refractivity contribution >= 4 is 5.91 Å². The maximum atomic E-state index is 11.9. The lowest BCUT2D eigenvalue weighted by molar-refractivity contribution is -0.122. The number of hydrogen-bond donors (Lipinski definition) is 3. The molecular formula is C14H22N2O2. The summed E-state index contributed by atoms with van der Waals surface area (Å²) in [7, 11) is 0. The number of amides is 1. The first-order valence-electron chi connectivity index (χ1n) is 6.16. The summed E-state index contributed by atoms with van der Waals surface area (Å²) >= 11 is 0. The SMILES string of the molecule is CC(C)C(C)(CN)NC(=O)Cc1ccc(O)cc1. The molecule has 0 spiro atoms. The van der Waals surface area contributed by atoms with E-state index in [1.807, 2.05) is 20.8 Å². The van der Waals surface area contributed by atoms with Crippen LogP contribution in [-0.2, 0) is 11.2 Å². The zero-order valence-corrected chi connectivity index (χ0v) is 11.2. The van der Waals surface area contributed by atoms with Crippen molar-refractivity contribution in [1.29, 1.82) is 0 Å². The molecule has 1 amide bonds. The Morgan fingerprint density at radius 3 is 2.39 bits per heavy atom. The first-order chi connectivity index (χ1) is 8.37. The second-order valence-corrected chi connectivity index (χ2v) is 5.17. The number of phenolic OH excluding ortho intramolecular Hbond substituents is 1. The molecule has 0 aliphatic rings. The van der Waals surface area contributed by atoms with Crippen molar-refractivity contribution < 1.29 is 9.90 Å². The summed E-state index contributed by atoms with van der Waals surface area (Å²) in [5, 5.41) is 12.2. The number of nitrogens with one attached hydrogen (secondary N) is 1. The fraction of sp³-hybridized carbons (Fsp3) is 0.500. The Kier molecular flexibility index (Phi) is 4.73. The minimum Gasteiger partial charge on any atom is -0.508 e. The highest BCUT2D eigenvalue weighted by Gasteiger charge is 2.28. The van der Waals surface area contributed by atoms with Crippen molar-refractivity contribution in [2.75, 3.05) is 6.54 Å². The summed E-state index contributed by atoms with van der Waals surface area (Å²) in [5.74, 6) is 0.418. The third-order valence-electron chi connectivity index (χ3n) is 3.42. The zero-order valence-electron chi connectivity index (χ0n) is 11.2. The quantitative estimate of drug-likeness (QED) is 0.740. The Labute approximate surface area is 108 Å². The lowest BCUT2D eigenvalue weighted by Crippen LogP contribution is -2.55. The van der Waals surface area contributed by atoms with Crippen LogP contribution in [0.3, 0.4) is 0 Å². The predicted molar refractivity (Wildman–Crippen MR) is 72.3 cm³/mol. The topological polar surface area (TPSA) is 75.3 Å². The van der Waals surface area contributed by atoms with Crippen LogP contribution in [0.2, 0.25) is 0 Å². The molecule has 1 aromatic rings. The van der Waals surface area contributed by atoms with E-state index in [4.69, 9.17) is 5.73 Å². The van der Waals surface area contributed by atoms with Gasteiger partial charge in [0.25, 0.3) is 0 Å². The van der Waals surface area contributed by atoms with E-state index in [2.05, 4.69) is 5.32 Å². The number of aromatic hydroxyl groups is 1. The second-order valence-electron chi connectivity index (χ2n) is 5.17. The number of rotatable bonds is 5. The molecule has 0 radical (unpaired) electrons. The Bertz CT molecular complexity index is 401. The van der Waals surface area contributed by atoms with Crippen LogP contribution in [0.4, 0.5) is 0 Å². The van der Waals surface area contributed by atoms with Crippen LogP contribution in [0.25, 0.3) is 0 Å². The molecule has 0 heterocycles. The van der Waals surface area contributed by atoms with Crippen LogP contribution in [0.15, 0.2) is 24.3 Å². The fourth-order valence-corrected chi connectivity index (χ4v) is 1.59. The van der Waals surface area contributed by atoms with Crippen molar-refractivity contribution in [3.63, 3.8) is 0 Å². The van der Waals surface area contributed by atoms with Gasteiger partial charge in [-0.05, 0) is 30.5 Å². The van der Waals surface area contributed by atoms with Gasteiger partial charge in [-0.1, -0.05) is 26.0 Å². The van der Waals surface area contributed by atoms with E-state index in [9.17, 15) is 9.90 Å². The highest BCUT2D eigenvalue weighted by molar-refractivity contribution is 5.79. The molecule has 1 unspecified atom stereocenters. The van der Waals surface area contributed by atoms with Crippen LogP contribution < -0.4 is 11.1 Å². The highest BCUT2D eigenvalue weighted by atomic mass is 16.3. The van der Waals surface area contributed by atoms with Crippen molar-refractivity contribution in [3.8, 4) is 5.75 Å². The number of hydrogen-bond acceptors (Lipinski definition) is 3. The van der Waals surface area contributed by atoms with Crippen molar-refractivity contribution in [2.45, 2.75) is 32.7 Å². The lowest BCUT2D eigenvalue weighted by atomic mass is 9.88. The predicted octanol–water partition coefficient (Wildman–Crippen LogP) is 1.42. The fourth-order valence-electron chi connectivity index (χ4n) is 1.59. The maximum absolute atomic E-state index is 11.9. The highest BCUT2D eigenvalue weighted by Crippen LogP contribution is 2.15. The molecule has 0 aromatic heterocycles. The molecule has 4 N–H and O–H groups in total. The average molecular weight is 250 g/mol. The first-order valence-corrected chi connectivity index (χ1v) is 6.16. The molecule has 4 nitrogen and oxygen atoms in total. The van der Waals surface area contributed by atoms with Crippen molar-refractivity contribution in [3.05, 3.63) is 29.8 Å². The molecule has 0 bridgehead atoms. The van der Waals surface area contributed by atoms with Gasteiger partial charge in [-0.2, -0.15) is 0 Å². The standard InChI is InChI=1S/C14H22N2O2/c1-10(2)14(3,9-15)16-13(18)8-11-4-6-12(17)7-5-11/h4-7,10,17H,8-9,15H2,1-3H3,(H,16,18). The molecule has 0 aliphatic carbocycles. The number of benzene rings is 1. The van der Waals surface area contributed by atoms with Gasteiger partial charge in [0, 0.05) is 6.54 Å². The van der Waals surface area contributed by atoms with E-state index in [1.54, 1.807) is 24.3 Å². The van der Waals surface area contributed by atoms with E-state index in [0.29, 0.717) is 13.0 Å². The summed E-state index contributed by atoms with van der Waals surface area (Å²) in [6.07, 6.45) is 0.294. The number of carbonyl (C=O) groups excluding carboxylic acids is 1. The molecule has 1 atom stereocenters. The van der Waals surface area contributed by atoms with Crippen LogP contribution >= 0.6 is 0 Å². The molecule has 0 aliphatic heterocycles. The summed E-state index contributed by atoms with van der Waals surface area (Å²) in [5.41, 5.74) is 6.21. The number of phenols is 1. The van der Waals surface area contributed by atoms with Gasteiger partial charge >= 0.3 is 0 Å². The Hall–Kier alpha value is -1.55. The third kappa shape index (κ3) is 3.74. The van der Waals surface area contributed by atoms with Gasteiger partial charge in [0.15, 0.2) is 0 Å². The summed E-state index contributed by atoms with van der Waals surface area (Å²) < 4.78 is 0. The average Bonchev–Trinajstić information content (AvgIpc) is 2.31. The minimum absolute atomic E-state index is 0.0534. The maximum Gasteiger partial charge on any atom is 0.224 e. The first kappa shape index (κ1) is 14.5. The Balaban J connectivity index is 2.64. The van der Waals surface area contributed by atoms with Gasteiger partial charge in [-0.15, -0.1) is 0 Å². The molecule has 100 valence electrons. The molecule has 18 heavy (non-hydrogen) atoms. The largest absolute Gasteiger partial charge is 0.508 e. The van der Waals surface area contributed by atoms with Gasteiger partial charge in [0.1, 0.15) is 5.75 Å². The van der Waals surface area contributed by atoms with E-state index in [0.717, 1.165) is 5.56 Å². The van der Waals surface area contributed by atoms with Gasteiger partial charge in [0.05, 0.1) is 12.0 Å². The van der Waals surface area contributed by atoms with E-state index >= 15 is 0 Å². The second kappa shape index (κ2) is 5.87. The van der Waals surface area contributed by atoms with Crippen molar-refractivity contribution in [2.24, 2.45) is 11.7 Å². The molecule has 0 saturated carbocycles. The van der Waals surface area contributed by atoms with Gasteiger partial charge in [-0.25, -0.2) is 0 Å². The van der Waals surface area contributed by atoms with Crippen LogP contribution in [-0.4, -0.2) is 23.1 Å². The molecule has 0 saturated heterocycles. The summed E-state index contributed by atoms with van der Waals surface area (Å²) in [6, 6.07) is 6.63. The smallest absolute Gasteiger partial charge is 0.224 e. The molecule has 4 heteroatoms. The van der Waals surface area contributed by atoms with Gasteiger partial charge in [-0.3, -0.25) is 4.79 Å². The summed E-state index contributed by atoms with van der Waals surface area (Å²) in [6.45, 7) is 6.43.